The van der Waals surface area contributed by atoms with Crippen molar-refractivity contribution in [3.8, 4) is 0 Å². The number of ether oxygens (including phenoxy) is 1. The number of hydrogen-bond donors (Lipinski definition) is 0. The standard InChI is InChI=1S/C10H16O2/c1-8-2-5-10(6-3-8)9(11)4-7-12-10/h8H,2-7H2,1H3. The van der Waals surface area contributed by atoms with Gasteiger partial charge >= 0.3 is 0 Å². The average Bonchev–Trinajstić information content (AvgIpc) is 2.41. The molecule has 0 amide bonds. The van der Waals surface area contributed by atoms with E-state index in [4.69, 9.17) is 4.74 Å². The summed E-state index contributed by atoms with van der Waals surface area (Å²) in [6, 6.07) is 0. The Balaban J connectivity index is 2.07. The summed E-state index contributed by atoms with van der Waals surface area (Å²) < 4.78 is 5.59. The summed E-state index contributed by atoms with van der Waals surface area (Å²) in [5, 5.41) is 0. The van der Waals surface area contributed by atoms with Crippen molar-refractivity contribution in [2.45, 2.75) is 44.6 Å². The van der Waals surface area contributed by atoms with Crippen molar-refractivity contribution in [2.75, 3.05) is 6.61 Å². The van der Waals surface area contributed by atoms with Crippen molar-refractivity contribution < 1.29 is 9.53 Å². The Kier molecular flexibility index (Phi) is 1.95. The second-order valence-corrected chi connectivity index (χ2v) is 4.20. The van der Waals surface area contributed by atoms with E-state index in [1.807, 2.05) is 0 Å². The van der Waals surface area contributed by atoms with Crippen molar-refractivity contribution in [3.63, 3.8) is 0 Å². The quantitative estimate of drug-likeness (QED) is 0.552. The molecule has 0 radical (unpaired) electrons. The van der Waals surface area contributed by atoms with Crippen LogP contribution in [0.4, 0.5) is 0 Å². The fraction of sp³-hybridized carbons (Fsp3) is 0.900. The van der Waals surface area contributed by atoms with Gasteiger partial charge in [0.05, 0.1) is 6.61 Å². The molecule has 0 bridgehead atoms. The van der Waals surface area contributed by atoms with Gasteiger partial charge < -0.3 is 4.74 Å². The first kappa shape index (κ1) is 8.24. The number of Topliss-reactive ketones (excluding diaryl/α,β-unsaturated/α-hetero) is 1. The molecule has 2 nitrogen and oxygen atoms in total. The van der Waals surface area contributed by atoms with E-state index < -0.39 is 0 Å². The Morgan fingerprint density at radius 1 is 1.42 bits per heavy atom. The number of ketones is 1. The van der Waals surface area contributed by atoms with Gasteiger partial charge in [0.1, 0.15) is 5.60 Å². The molecule has 2 fully saturated rings. The Morgan fingerprint density at radius 2 is 2.08 bits per heavy atom. The Morgan fingerprint density at radius 3 is 2.58 bits per heavy atom. The van der Waals surface area contributed by atoms with Crippen LogP contribution >= 0.6 is 0 Å². The molecule has 1 aliphatic heterocycles. The van der Waals surface area contributed by atoms with Crippen molar-refractivity contribution >= 4 is 5.78 Å². The maximum atomic E-state index is 11.5. The number of hydrogen-bond acceptors (Lipinski definition) is 2. The van der Waals surface area contributed by atoms with Gasteiger partial charge in [-0.25, -0.2) is 0 Å². The summed E-state index contributed by atoms with van der Waals surface area (Å²) >= 11 is 0. The van der Waals surface area contributed by atoms with Crippen LogP contribution in [0.5, 0.6) is 0 Å². The van der Waals surface area contributed by atoms with Crippen LogP contribution in [0.1, 0.15) is 39.0 Å². The van der Waals surface area contributed by atoms with Gasteiger partial charge in [0.15, 0.2) is 5.78 Å². The first-order valence-corrected chi connectivity index (χ1v) is 4.90. The Bertz CT molecular complexity index is 190. The van der Waals surface area contributed by atoms with E-state index in [2.05, 4.69) is 6.92 Å². The number of carbonyl (C=O) groups is 1. The van der Waals surface area contributed by atoms with Gasteiger partial charge in [0, 0.05) is 6.42 Å². The second-order valence-electron chi connectivity index (χ2n) is 4.20. The first-order valence-electron chi connectivity index (χ1n) is 4.90. The van der Waals surface area contributed by atoms with Gasteiger partial charge in [-0.2, -0.15) is 0 Å². The molecule has 2 heteroatoms. The van der Waals surface area contributed by atoms with E-state index >= 15 is 0 Å². The topological polar surface area (TPSA) is 26.3 Å². The van der Waals surface area contributed by atoms with Gasteiger partial charge in [-0.05, 0) is 31.6 Å². The number of carbonyl (C=O) groups excluding carboxylic acids is 1. The van der Waals surface area contributed by atoms with Crippen LogP contribution in [0.3, 0.4) is 0 Å². The first-order chi connectivity index (χ1) is 5.73. The molecule has 0 N–H and O–H groups in total. The lowest BCUT2D eigenvalue weighted by Gasteiger charge is -2.33. The summed E-state index contributed by atoms with van der Waals surface area (Å²) in [6.45, 7) is 2.92. The molecule has 1 spiro atoms. The van der Waals surface area contributed by atoms with E-state index in [9.17, 15) is 4.79 Å². The van der Waals surface area contributed by atoms with Crippen LogP contribution in [-0.4, -0.2) is 18.0 Å². The molecule has 0 aromatic rings. The van der Waals surface area contributed by atoms with Crippen molar-refractivity contribution in [1.29, 1.82) is 0 Å². The lowest BCUT2D eigenvalue weighted by molar-refractivity contribution is -0.135. The fourth-order valence-electron chi connectivity index (χ4n) is 2.30. The van der Waals surface area contributed by atoms with E-state index in [1.54, 1.807) is 0 Å². The van der Waals surface area contributed by atoms with Crippen LogP contribution in [0.2, 0.25) is 0 Å². The minimum atomic E-state index is -0.327. The van der Waals surface area contributed by atoms with E-state index in [0.29, 0.717) is 18.8 Å². The summed E-state index contributed by atoms with van der Waals surface area (Å²) in [5.74, 6) is 1.14. The van der Waals surface area contributed by atoms with Gasteiger partial charge in [0.25, 0.3) is 0 Å². The van der Waals surface area contributed by atoms with Gasteiger partial charge in [0.2, 0.25) is 0 Å². The van der Waals surface area contributed by atoms with Crippen LogP contribution in [0.15, 0.2) is 0 Å². The van der Waals surface area contributed by atoms with Gasteiger partial charge in [-0.1, -0.05) is 6.92 Å². The molecule has 1 saturated carbocycles. The van der Waals surface area contributed by atoms with Crippen molar-refractivity contribution in [1.82, 2.24) is 0 Å². The highest BCUT2D eigenvalue weighted by Gasteiger charge is 2.44. The molecular formula is C10H16O2. The highest BCUT2D eigenvalue weighted by Crippen LogP contribution is 2.38. The summed E-state index contributed by atoms with van der Waals surface area (Å²) in [7, 11) is 0. The summed E-state index contributed by atoms with van der Waals surface area (Å²) in [6.07, 6.45) is 4.89. The number of rotatable bonds is 0. The zero-order valence-corrected chi connectivity index (χ0v) is 7.64. The zero-order chi connectivity index (χ0) is 8.60. The molecule has 1 heterocycles. The van der Waals surface area contributed by atoms with Crippen LogP contribution in [0, 0.1) is 5.92 Å². The summed E-state index contributed by atoms with van der Waals surface area (Å²) in [5.41, 5.74) is -0.327. The second kappa shape index (κ2) is 2.84. The molecule has 2 aliphatic rings. The van der Waals surface area contributed by atoms with E-state index in [-0.39, 0.29) is 5.60 Å². The molecule has 0 atom stereocenters. The predicted octanol–water partition coefficient (Wildman–Crippen LogP) is 1.92. The molecule has 1 saturated heterocycles. The molecule has 12 heavy (non-hydrogen) atoms. The highest BCUT2D eigenvalue weighted by molar-refractivity contribution is 5.89. The molecule has 68 valence electrons. The maximum Gasteiger partial charge on any atom is 0.166 e. The molecule has 0 aromatic heterocycles. The third kappa shape index (κ3) is 1.18. The average molecular weight is 168 g/mol. The van der Waals surface area contributed by atoms with Crippen LogP contribution in [-0.2, 0) is 9.53 Å². The predicted molar refractivity (Wildman–Crippen MR) is 45.9 cm³/mol. The summed E-state index contributed by atoms with van der Waals surface area (Å²) in [4.78, 5) is 11.5. The van der Waals surface area contributed by atoms with Crippen molar-refractivity contribution in [2.24, 2.45) is 5.92 Å². The highest BCUT2D eigenvalue weighted by atomic mass is 16.5. The lowest BCUT2D eigenvalue weighted by atomic mass is 9.77. The molecule has 0 unspecified atom stereocenters. The third-order valence-corrected chi connectivity index (χ3v) is 3.30. The molecule has 1 aliphatic carbocycles. The monoisotopic (exact) mass is 168 g/mol. The van der Waals surface area contributed by atoms with E-state index in [0.717, 1.165) is 31.6 Å². The lowest BCUT2D eigenvalue weighted by Crippen LogP contribution is -2.39. The minimum Gasteiger partial charge on any atom is -0.367 e. The van der Waals surface area contributed by atoms with Crippen LogP contribution < -0.4 is 0 Å². The Labute approximate surface area is 73.3 Å². The minimum absolute atomic E-state index is 0.327. The Hall–Kier alpha value is -0.370. The largest absolute Gasteiger partial charge is 0.367 e. The maximum absolute atomic E-state index is 11.5. The van der Waals surface area contributed by atoms with Gasteiger partial charge in [-0.15, -0.1) is 0 Å². The van der Waals surface area contributed by atoms with Crippen molar-refractivity contribution in [3.05, 3.63) is 0 Å². The normalized spacial score (nSPS) is 42.4. The molecule has 2 rings (SSSR count). The van der Waals surface area contributed by atoms with E-state index in [1.165, 1.54) is 0 Å². The SMILES string of the molecule is CC1CCC2(CC1)OCCC2=O. The fourth-order valence-corrected chi connectivity index (χ4v) is 2.30. The molecular weight excluding hydrogens is 152 g/mol. The van der Waals surface area contributed by atoms with Crippen LogP contribution in [0.25, 0.3) is 0 Å². The third-order valence-electron chi connectivity index (χ3n) is 3.30. The smallest absolute Gasteiger partial charge is 0.166 e. The molecule has 0 aromatic carbocycles. The van der Waals surface area contributed by atoms with Gasteiger partial charge in [-0.3, -0.25) is 4.79 Å². The zero-order valence-electron chi connectivity index (χ0n) is 7.64.